The second kappa shape index (κ2) is 7.50. The first-order chi connectivity index (χ1) is 13.1. The van der Waals surface area contributed by atoms with Crippen molar-refractivity contribution in [2.75, 3.05) is 0 Å². The first kappa shape index (κ1) is 20.3. The highest BCUT2D eigenvalue weighted by molar-refractivity contribution is 6.39. The Morgan fingerprint density at radius 1 is 1.25 bits per heavy atom. The molecule has 0 radical (unpaired) electrons. The predicted octanol–water partition coefficient (Wildman–Crippen LogP) is 3.56. The Balaban J connectivity index is 2.30. The van der Waals surface area contributed by atoms with Gasteiger partial charge in [0.2, 0.25) is 0 Å². The fraction of sp³-hybridized carbons (Fsp3) is 0.263. The molecule has 28 heavy (non-hydrogen) atoms. The van der Waals surface area contributed by atoms with Crippen LogP contribution in [0.3, 0.4) is 0 Å². The maximum Gasteiger partial charge on any atom is 0.344 e. The van der Waals surface area contributed by atoms with Crippen molar-refractivity contribution in [1.82, 2.24) is 14.5 Å². The number of aromatic nitrogens is 3. The number of hydrogen-bond donors (Lipinski definition) is 1. The number of nitrogens with zero attached hydrogens (tertiary/aromatic N) is 3. The number of pyridine rings is 1. The highest BCUT2D eigenvalue weighted by atomic mass is 35.5. The molecule has 0 fully saturated rings. The molecule has 2 N–H and O–H groups in total. The summed E-state index contributed by atoms with van der Waals surface area (Å²) in [5.74, 6) is -0.767. The Morgan fingerprint density at radius 2 is 1.89 bits per heavy atom. The maximum atomic E-state index is 13.3. The van der Waals surface area contributed by atoms with E-state index in [1.165, 1.54) is 12.5 Å². The van der Waals surface area contributed by atoms with E-state index in [0.717, 1.165) is 4.57 Å². The number of carbonyl (C=O) groups is 1. The van der Waals surface area contributed by atoms with Crippen LogP contribution >= 0.6 is 23.2 Å². The third-order valence-electron chi connectivity index (χ3n) is 3.85. The summed E-state index contributed by atoms with van der Waals surface area (Å²) in [5.41, 5.74) is 5.47. The monoisotopic (exact) mass is 420 g/mol. The molecule has 1 unspecified atom stereocenters. The molecule has 0 amide bonds. The number of hydrogen-bond acceptors (Lipinski definition) is 6. The van der Waals surface area contributed by atoms with Gasteiger partial charge in [0, 0.05) is 17.1 Å². The van der Waals surface area contributed by atoms with Gasteiger partial charge >= 0.3 is 5.97 Å². The van der Waals surface area contributed by atoms with Crippen LogP contribution in [0.4, 0.5) is 0 Å². The minimum atomic E-state index is -1.41. The van der Waals surface area contributed by atoms with Gasteiger partial charge in [0.05, 0.1) is 15.6 Å². The number of benzene rings is 1. The van der Waals surface area contributed by atoms with E-state index >= 15 is 0 Å². The van der Waals surface area contributed by atoms with Crippen LogP contribution in [-0.4, -0.2) is 26.1 Å². The average Bonchev–Trinajstić information content (AvgIpc) is 2.60. The lowest BCUT2D eigenvalue weighted by Crippen LogP contribution is -2.40. The largest absolute Gasteiger partial charge is 0.457 e. The summed E-state index contributed by atoms with van der Waals surface area (Å²) < 4.78 is 6.40. The smallest absolute Gasteiger partial charge is 0.344 e. The van der Waals surface area contributed by atoms with Gasteiger partial charge in [-0.05, 0) is 39.0 Å². The minimum Gasteiger partial charge on any atom is -0.457 e. The van der Waals surface area contributed by atoms with Crippen molar-refractivity contribution < 1.29 is 9.53 Å². The lowest BCUT2D eigenvalue weighted by Gasteiger charge is -2.24. The van der Waals surface area contributed by atoms with Gasteiger partial charge in [-0.15, -0.1) is 0 Å². The molecular weight excluding hydrogens is 403 g/mol. The van der Waals surface area contributed by atoms with Gasteiger partial charge in [0.15, 0.2) is 6.17 Å². The maximum absolute atomic E-state index is 13.3. The summed E-state index contributed by atoms with van der Waals surface area (Å²) in [4.78, 5) is 33.9. The predicted molar refractivity (Wildman–Crippen MR) is 108 cm³/mol. The molecule has 0 saturated heterocycles. The van der Waals surface area contributed by atoms with Crippen LogP contribution in [0, 0.1) is 0 Å². The summed E-state index contributed by atoms with van der Waals surface area (Å²) >= 11 is 12.6. The molecule has 2 heterocycles. The summed E-state index contributed by atoms with van der Waals surface area (Å²) in [6.07, 6.45) is 1.36. The molecule has 2 aromatic heterocycles. The molecule has 0 spiro atoms. The van der Waals surface area contributed by atoms with E-state index in [9.17, 15) is 9.59 Å². The van der Waals surface area contributed by atoms with Gasteiger partial charge in [-0.25, -0.2) is 14.8 Å². The van der Waals surface area contributed by atoms with E-state index in [1.54, 1.807) is 45.0 Å². The van der Waals surface area contributed by atoms with Gasteiger partial charge < -0.3 is 10.5 Å². The van der Waals surface area contributed by atoms with Crippen molar-refractivity contribution in [1.29, 1.82) is 0 Å². The molecular formula is C19H18Cl2N4O3. The van der Waals surface area contributed by atoms with Crippen LogP contribution in [-0.2, 0) is 9.53 Å². The zero-order valence-corrected chi connectivity index (χ0v) is 17.0. The number of ether oxygens (including phenoxy) is 1. The van der Waals surface area contributed by atoms with Gasteiger partial charge in [-0.1, -0.05) is 29.3 Å². The molecule has 0 aliphatic rings. The number of fused-ring (bicyclic) bond motifs is 1. The SMILES string of the molecule is CC(C)(C)OC(=O)C(N)n1c(=O)c(-c2c(Cl)cccc2Cl)cc2cncnc21. The van der Waals surface area contributed by atoms with Crippen LogP contribution in [0.1, 0.15) is 26.9 Å². The molecule has 0 aliphatic heterocycles. The number of rotatable bonds is 3. The van der Waals surface area contributed by atoms with E-state index in [1.807, 2.05) is 0 Å². The highest BCUT2D eigenvalue weighted by Crippen LogP contribution is 2.34. The molecule has 146 valence electrons. The number of nitrogens with two attached hydrogens (primary N) is 1. The molecule has 0 saturated carbocycles. The van der Waals surface area contributed by atoms with Crippen molar-refractivity contribution in [2.24, 2.45) is 5.73 Å². The van der Waals surface area contributed by atoms with E-state index in [0.29, 0.717) is 10.9 Å². The van der Waals surface area contributed by atoms with E-state index in [-0.39, 0.29) is 21.3 Å². The van der Waals surface area contributed by atoms with Crippen molar-refractivity contribution >= 4 is 40.2 Å². The summed E-state index contributed by atoms with van der Waals surface area (Å²) in [7, 11) is 0. The molecule has 3 rings (SSSR count). The minimum absolute atomic E-state index is 0.178. The Morgan fingerprint density at radius 3 is 2.50 bits per heavy atom. The summed E-state index contributed by atoms with van der Waals surface area (Å²) in [6.45, 7) is 5.13. The molecule has 0 aliphatic carbocycles. The Kier molecular flexibility index (Phi) is 5.43. The summed E-state index contributed by atoms with van der Waals surface area (Å²) in [6, 6.07) is 6.48. The van der Waals surface area contributed by atoms with E-state index in [4.69, 9.17) is 33.7 Å². The average molecular weight is 421 g/mol. The van der Waals surface area contributed by atoms with Crippen molar-refractivity contribution in [3.8, 4) is 11.1 Å². The first-order valence-electron chi connectivity index (χ1n) is 8.38. The van der Waals surface area contributed by atoms with Gasteiger partial charge in [0.1, 0.15) is 17.6 Å². The van der Waals surface area contributed by atoms with Gasteiger partial charge in [0.25, 0.3) is 5.56 Å². The quantitative estimate of drug-likeness (QED) is 0.649. The van der Waals surface area contributed by atoms with Crippen LogP contribution in [0.15, 0.2) is 41.6 Å². The number of halogens is 2. The van der Waals surface area contributed by atoms with E-state index < -0.39 is 23.3 Å². The molecule has 1 aromatic carbocycles. The fourth-order valence-corrected chi connectivity index (χ4v) is 3.34. The van der Waals surface area contributed by atoms with Gasteiger partial charge in [-0.3, -0.25) is 9.36 Å². The highest BCUT2D eigenvalue weighted by Gasteiger charge is 2.27. The topological polar surface area (TPSA) is 100 Å². The van der Waals surface area contributed by atoms with Crippen LogP contribution in [0.25, 0.3) is 22.2 Å². The molecule has 0 bridgehead atoms. The lowest BCUT2D eigenvalue weighted by molar-refractivity contribution is -0.158. The summed E-state index contributed by atoms with van der Waals surface area (Å²) in [5, 5.41) is 1.07. The normalized spacial score (nSPS) is 12.8. The standard InChI is InChI=1S/C19H18Cl2N4O3/c1-19(2,3)28-18(27)15(22)25-16-10(8-23-9-24-16)7-11(17(25)26)14-12(20)5-4-6-13(14)21/h4-9,15H,22H2,1-3H3. The van der Waals surface area contributed by atoms with Crippen LogP contribution in [0.5, 0.6) is 0 Å². The molecule has 7 nitrogen and oxygen atoms in total. The zero-order valence-electron chi connectivity index (χ0n) is 15.4. The molecule has 9 heteroatoms. The fourth-order valence-electron chi connectivity index (χ4n) is 2.74. The third-order valence-corrected chi connectivity index (χ3v) is 4.48. The van der Waals surface area contributed by atoms with Gasteiger partial charge in [-0.2, -0.15) is 0 Å². The van der Waals surface area contributed by atoms with Crippen molar-refractivity contribution in [3.05, 3.63) is 57.2 Å². The number of esters is 1. The van der Waals surface area contributed by atoms with E-state index in [2.05, 4.69) is 9.97 Å². The third kappa shape index (κ3) is 3.87. The Labute approximate surface area is 171 Å². The second-order valence-corrected chi connectivity index (χ2v) is 7.92. The first-order valence-corrected chi connectivity index (χ1v) is 9.14. The van der Waals surface area contributed by atoms with Crippen LogP contribution < -0.4 is 11.3 Å². The van der Waals surface area contributed by atoms with Crippen molar-refractivity contribution in [3.63, 3.8) is 0 Å². The van der Waals surface area contributed by atoms with Crippen molar-refractivity contribution in [2.45, 2.75) is 32.5 Å². The lowest BCUT2D eigenvalue weighted by atomic mass is 10.1. The molecule has 1 atom stereocenters. The Hall–Kier alpha value is -2.48. The molecule has 3 aromatic rings. The number of carbonyl (C=O) groups excluding carboxylic acids is 1. The second-order valence-electron chi connectivity index (χ2n) is 7.11. The van der Waals surface area contributed by atoms with Crippen LogP contribution in [0.2, 0.25) is 10.0 Å². The zero-order chi connectivity index (χ0) is 20.6. The Bertz CT molecular complexity index is 1100.